The molecule has 2 nitrogen and oxygen atoms in total. The molecule has 1 N–H and O–H groups in total. The Morgan fingerprint density at radius 1 is 1.50 bits per heavy atom. The second kappa shape index (κ2) is 3.60. The lowest BCUT2D eigenvalue weighted by Crippen LogP contribution is -2.33. The lowest BCUT2D eigenvalue weighted by Gasteiger charge is -2.38. The minimum atomic E-state index is 0.537. The number of pyridine rings is 1. The van der Waals surface area contributed by atoms with Crippen LogP contribution < -0.4 is 5.32 Å². The number of nitrogens with one attached hydrogen (secondary N) is 1. The Hall–Kier alpha value is -1.05. The van der Waals surface area contributed by atoms with Gasteiger partial charge in [-0.15, -0.1) is 0 Å². The van der Waals surface area contributed by atoms with Gasteiger partial charge in [0.25, 0.3) is 0 Å². The fourth-order valence-corrected chi connectivity index (χ4v) is 1.94. The van der Waals surface area contributed by atoms with E-state index in [1.807, 2.05) is 12.4 Å². The van der Waals surface area contributed by atoms with Crippen LogP contribution >= 0.6 is 0 Å². The van der Waals surface area contributed by atoms with Gasteiger partial charge in [0.1, 0.15) is 0 Å². The fourth-order valence-electron chi connectivity index (χ4n) is 1.94. The van der Waals surface area contributed by atoms with Crippen molar-refractivity contribution in [2.75, 3.05) is 11.9 Å². The average molecular weight is 190 g/mol. The van der Waals surface area contributed by atoms with E-state index in [9.17, 15) is 0 Å². The van der Waals surface area contributed by atoms with E-state index < -0.39 is 0 Å². The minimum absolute atomic E-state index is 0.537. The first-order valence-electron chi connectivity index (χ1n) is 5.34. The number of anilines is 1. The van der Waals surface area contributed by atoms with Crippen LogP contribution in [0.5, 0.6) is 0 Å². The van der Waals surface area contributed by atoms with Crippen molar-refractivity contribution in [2.24, 2.45) is 5.41 Å². The molecule has 2 rings (SSSR count). The maximum Gasteiger partial charge on any atom is 0.0400 e. The van der Waals surface area contributed by atoms with Crippen LogP contribution in [0.25, 0.3) is 0 Å². The van der Waals surface area contributed by atoms with Gasteiger partial charge in [0.15, 0.2) is 0 Å². The van der Waals surface area contributed by atoms with E-state index in [0.29, 0.717) is 5.41 Å². The summed E-state index contributed by atoms with van der Waals surface area (Å²) in [5.41, 5.74) is 3.00. The van der Waals surface area contributed by atoms with Crippen LogP contribution in [0.2, 0.25) is 0 Å². The average Bonchev–Trinajstić information content (AvgIpc) is 2.14. The summed E-state index contributed by atoms with van der Waals surface area (Å²) in [5, 5.41) is 3.52. The third kappa shape index (κ3) is 1.89. The van der Waals surface area contributed by atoms with Crippen LogP contribution in [0.1, 0.15) is 31.7 Å². The molecule has 0 saturated heterocycles. The molecule has 1 fully saturated rings. The summed E-state index contributed by atoms with van der Waals surface area (Å²) in [7, 11) is 0. The molecule has 0 aliphatic heterocycles. The van der Waals surface area contributed by atoms with Crippen molar-refractivity contribution < 1.29 is 0 Å². The first kappa shape index (κ1) is 9.50. The largest absolute Gasteiger partial charge is 0.384 e. The van der Waals surface area contributed by atoms with Gasteiger partial charge in [-0.05, 0) is 36.8 Å². The van der Waals surface area contributed by atoms with Crippen LogP contribution in [0.15, 0.2) is 18.5 Å². The molecule has 0 atom stereocenters. The van der Waals surface area contributed by atoms with Gasteiger partial charge in [-0.3, -0.25) is 4.98 Å². The molecular formula is C12H18N2. The van der Waals surface area contributed by atoms with Crippen molar-refractivity contribution in [2.45, 2.75) is 33.1 Å². The second-order valence-corrected chi connectivity index (χ2v) is 4.71. The molecule has 0 amide bonds. The summed E-state index contributed by atoms with van der Waals surface area (Å²) < 4.78 is 0. The standard InChI is InChI=1S/C12H18N2/c1-10-8-13-7-4-11(10)14-9-12(2)5-3-6-12/h4,7-8H,3,5-6,9H2,1-2H3,(H,13,14). The highest BCUT2D eigenvalue weighted by Crippen LogP contribution is 2.40. The number of hydrogen-bond donors (Lipinski definition) is 1. The Bertz CT molecular complexity index is 316. The van der Waals surface area contributed by atoms with Crippen molar-refractivity contribution in [3.8, 4) is 0 Å². The zero-order valence-corrected chi connectivity index (χ0v) is 9.01. The van der Waals surface area contributed by atoms with E-state index >= 15 is 0 Å². The van der Waals surface area contributed by atoms with Gasteiger partial charge in [0.05, 0.1) is 0 Å². The molecule has 0 spiro atoms. The van der Waals surface area contributed by atoms with Crippen LogP contribution in [0.4, 0.5) is 5.69 Å². The highest BCUT2D eigenvalue weighted by Gasteiger charge is 2.31. The van der Waals surface area contributed by atoms with Crippen molar-refractivity contribution in [1.82, 2.24) is 4.98 Å². The van der Waals surface area contributed by atoms with Gasteiger partial charge < -0.3 is 5.32 Å². The van der Waals surface area contributed by atoms with Crippen LogP contribution in [0, 0.1) is 12.3 Å². The van der Waals surface area contributed by atoms with Gasteiger partial charge in [-0.25, -0.2) is 0 Å². The van der Waals surface area contributed by atoms with Crippen LogP contribution in [-0.4, -0.2) is 11.5 Å². The highest BCUT2D eigenvalue weighted by atomic mass is 14.9. The molecule has 0 radical (unpaired) electrons. The number of aryl methyl sites for hydroxylation is 1. The third-order valence-electron chi connectivity index (χ3n) is 3.29. The molecule has 1 aromatic rings. The van der Waals surface area contributed by atoms with E-state index in [-0.39, 0.29) is 0 Å². The number of aromatic nitrogens is 1. The summed E-state index contributed by atoms with van der Waals surface area (Å²) in [4.78, 5) is 4.08. The maximum absolute atomic E-state index is 4.08. The molecular weight excluding hydrogens is 172 g/mol. The molecule has 0 bridgehead atoms. The first-order valence-corrected chi connectivity index (χ1v) is 5.34. The third-order valence-corrected chi connectivity index (χ3v) is 3.29. The normalized spacial score (nSPS) is 18.7. The van der Waals surface area contributed by atoms with Gasteiger partial charge in [-0.2, -0.15) is 0 Å². The molecule has 1 aliphatic carbocycles. The molecule has 0 unspecified atom stereocenters. The summed E-state index contributed by atoms with van der Waals surface area (Å²) in [6, 6.07) is 2.05. The van der Waals surface area contributed by atoms with Crippen LogP contribution in [0.3, 0.4) is 0 Å². The second-order valence-electron chi connectivity index (χ2n) is 4.71. The molecule has 1 heterocycles. The lowest BCUT2D eigenvalue weighted by atomic mass is 9.70. The Morgan fingerprint density at radius 3 is 2.86 bits per heavy atom. The zero-order chi connectivity index (χ0) is 10.0. The van der Waals surface area contributed by atoms with E-state index in [0.717, 1.165) is 6.54 Å². The van der Waals surface area contributed by atoms with E-state index in [2.05, 4.69) is 30.2 Å². The van der Waals surface area contributed by atoms with Gasteiger partial charge in [-0.1, -0.05) is 13.3 Å². The van der Waals surface area contributed by atoms with Crippen LogP contribution in [-0.2, 0) is 0 Å². The fraction of sp³-hybridized carbons (Fsp3) is 0.583. The lowest BCUT2D eigenvalue weighted by molar-refractivity contribution is 0.180. The Kier molecular flexibility index (Phi) is 2.44. The van der Waals surface area contributed by atoms with Gasteiger partial charge in [0, 0.05) is 24.6 Å². The van der Waals surface area contributed by atoms with Crippen molar-refractivity contribution >= 4 is 5.69 Å². The van der Waals surface area contributed by atoms with Crippen molar-refractivity contribution in [3.63, 3.8) is 0 Å². The molecule has 1 saturated carbocycles. The Labute approximate surface area is 85.7 Å². The van der Waals surface area contributed by atoms with Gasteiger partial charge in [0.2, 0.25) is 0 Å². The van der Waals surface area contributed by atoms with Gasteiger partial charge >= 0.3 is 0 Å². The molecule has 2 heteroatoms. The summed E-state index contributed by atoms with van der Waals surface area (Å²) in [5.74, 6) is 0. The molecule has 1 aliphatic rings. The molecule has 1 aromatic heterocycles. The van der Waals surface area contributed by atoms with Crippen molar-refractivity contribution in [3.05, 3.63) is 24.0 Å². The number of rotatable bonds is 3. The predicted molar refractivity (Wildman–Crippen MR) is 59.4 cm³/mol. The topological polar surface area (TPSA) is 24.9 Å². The minimum Gasteiger partial charge on any atom is -0.384 e. The number of nitrogens with zero attached hydrogens (tertiary/aromatic N) is 1. The van der Waals surface area contributed by atoms with E-state index in [1.165, 1.54) is 30.5 Å². The maximum atomic E-state index is 4.08. The first-order chi connectivity index (χ1) is 6.70. The molecule has 76 valence electrons. The Balaban J connectivity index is 1.95. The zero-order valence-electron chi connectivity index (χ0n) is 9.01. The predicted octanol–water partition coefficient (Wildman–Crippen LogP) is 2.99. The smallest absolute Gasteiger partial charge is 0.0400 e. The summed E-state index contributed by atoms with van der Waals surface area (Å²) >= 11 is 0. The number of hydrogen-bond acceptors (Lipinski definition) is 2. The van der Waals surface area contributed by atoms with E-state index in [1.54, 1.807) is 0 Å². The molecule has 0 aromatic carbocycles. The summed E-state index contributed by atoms with van der Waals surface area (Å²) in [6.45, 7) is 5.55. The summed E-state index contributed by atoms with van der Waals surface area (Å²) in [6.07, 6.45) is 7.88. The van der Waals surface area contributed by atoms with E-state index in [4.69, 9.17) is 0 Å². The highest BCUT2D eigenvalue weighted by molar-refractivity contribution is 5.48. The Morgan fingerprint density at radius 2 is 2.29 bits per heavy atom. The quantitative estimate of drug-likeness (QED) is 0.792. The molecule has 14 heavy (non-hydrogen) atoms. The SMILES string of the molecule is Cc1cnccc1NCC1(C)CCC1. The van der Waals surface area contributed by atoms with Crippen molar-refractivity contribution in [1.29, 1.82) is 0 Å². The monoisotopic (exact) mass is 190 g/mol.